The van der Waals surface area contributed by atoms with Crippen molar-refractivity contribution in [3.05, 3.63) is 59.7 Å². The predicted octanol–water partition coefficient (Wildman–Crippen LogP) is 3.41. The Morgan fingerprint density at radius 1 is 1.13 bits per heavy atom. The summed E-state index contributed by atoms with van der Waals surface area (Å²) in [5.74, 6) is 0.390. The first kappa shape index (κ1) is 24.0. The van der Waals surface area contributed by atoms with Crippen molar-refractivity contribution in [3.63, 3.8) is 0 Å². The normalized spacial score (nSPS) is 37.7. The highest BCUT2D eigenvalue weighted by atomic mass is 16.6. The van der Waals surface area contributed by atoms with Gasteiger partial charge < -0.3 is 28.7 Å². The third-order valence-electron chi connectivity index (χ3n) is 10.4. The second kappa shape index (κ2) is 7.73. The Balaban J connectivity index is 1.50. The molecule has 0 N–H and O–H groups in total. The Morgan fingerprint density at radius 2 is 1.92 bits per heavy atom. The average molecular weight is 519 g/mol. The maximum absolute atomic E-state index is 14.1. The van der Waals surface area contributed by atoms with Crippen molar-refractivity contribution >= 4 is 17.6 Å². The standard InChI is InChI=1S/C30H34N2O6/c1-5-27-14-13-23(33)32-16-15-28-21-12-11-20(35-3)17-22(21)31(2)24(28)29(26(34)36-4,38-30(27,28)32)25(27)37-18-19-9-7-6-8-10-19/h6-12,17,24-25H,5,13-16,18H2,1-4H3/t24-,25-,27+,28+,29+,30+/m1/s1. The zero-order valence-electron chi connectivity index (χ0n) is 22.4. The number of carbonyl (C=O) groups excluding carboxylic acids is 2. The SMILES string of the molecule is CC[C@@]12CCC(=O)N3CC[C@]45c6ccc(OC)cc6N(C)[C@H]4[C@](C(=O)OC)(O[C@@]315)[C@@H]2OCc1ccccc1. The molecule has 4 saturated heterocycles. The first-order valence-corrected chi connectivity index (χ1v) is 13.5. The number of nitrogens with zero attached hydrogens (tertiary/aromatic N) is 2. The molecule has 2 aromatic rings. The van der Waals surface area contributed by atoms with Gasteiger partial charge in [0.25, 0.3) is 0 Å². The lowest BCUT2D eigenvalue weighted by molar-refractivity contribution is -0.214. The quantitative estimate of drug-likeness (QED) is 0.543. The molecule has 2 spiro atoms. The van der Waals surface area contributed by atoms with Gasteiger partial charge in [0.05, 0.1) is 32.3 Å². The van der Waals surface area contributed by atoms with E-state index < -0.39 is 40.3 Å². The monoisotopic (exact) mass is 518 g/mol. The molecule has 200 valence electrons. The Morgan fingerprint density at radius 3 is 2.63 bits per heavy atom. The molecular weight excluding hydrogens is 484 g/mol. The number of hydrogen-bond acceptors (Lipinski definition) is 7. The Bertz CT molecular complexity index is 1330. The van der Waals surface area contributed by atoms with E-state index in [1.807, 2.05) is 54.4 Å². The van der Waals surface area contributed by atoms with E-state index >= 15 is 0 Å². The molecule has 5 aliphatic rings. The summed E-state index contributed by atoms with van der Waals surface area (Å²) < 4.78 is 25.2. The topological polar surface area (TPSA) is 77.5 Å². The van der Waals surface area contributed by atoms with Crippen LogP contribution in [0.5, 0.6) is 5.75 Å². The summed E-state index contributed by atoms with van der Waals surface area (Å²) in [6.45, 7) is 3.06. The van der Waals surface area contributed by atoms with Crippen molar-refractivity contribution in [2.75, 3.05) is 32.7 Å². The summed E-state index contributed by atoms with van der Waals surface area (Å²) >= 11 is 0. The molecule has 38 heavy (non-hydrogen) atoms. The molecular formula is C30H34N2O6. The molecule has 0 aliphatic carbocycles. The van der Waals surface area contributed by atoms with Gasteiger partial charge >= 0.3 is 5.97 Å². The van der Waals surface area contributed by atoms with Crippen LogP contribution in [0.3, 0.4) is 0 Å². The van der Waals surface area contributed by atoms with Crippen molar-refractivity contribution in [3.8, 4) is 5.75 Å². The molecule has 1 amide bonds. The van der Waals surface area contributed by atoms with Gasteiger partial charge in [-0.15, -0.1) is 0 Å². The van der Waals surface area contributed by atoms with Gasteiger partial charge in [0.2, 0.25) is 11.5 Å². The van der Waals surface area contributed by atoms with Gasteiger partial charge in [0, 0.05) is 37.2 Å². The number of rotatable bonds is 6. The molecule has 5 heterocycles. The minimum absolute atomic E-state index is 0.0821. The molecule has 0 radical (unpaired) electrons. The molecule has 5 aliphatic heterocycles. The van der Waals surface area contributed by atoms with E-state index in [0.717, 1.165) is 22.6 Å². The number of fused-ring (bicyclic) bond motifs is 3. The van der Waals surface area contributed by atoms with Crippen LogP contribution in [0.1, 0.15) is 43.7 Å². The van der Waals surface area contributed by atoms with Crippen LogP contribution in [0.4, 0.5) is 5.69 Å². The van der Waals surface area contributed by atoms with Crippen molar-refractivity contribution in [1.82, 2.24) is 4.90 Å². The van der Waals surface area contributed by atoms with Crippen LogP contribution in [0.15, 0.2) is 48.5 Å². The second-order valence-electron chi connectivity index (χ2n) is 11.4. The van der Waals surface area contributed by atoms with E-state index in [2.05, 4.69) is 17.9 Å². The number of amides is 1. The fraction of sp³-hybridized carbons (Fsp3) is 0.533. The minimum atomic E-state index is -1.41. The maximum Gasteiger partial charge on any atom is 0.343 e. The number of likely N-dealkylation sites (N-methyl/N-ethyl adjacent to an activating group) is 1. The highest BCUT2D eigenvalue weighted by Gasteiger charge is 2.95. The molecule has 8 heteroatoms. The van der Waals surface area contributed by atoms with Crippen LogP contribution in [0.25, 0.3) is 0 Å². The van der Waals surface area contributed by atoms with Crippen LogP contribution in [0.2, 0.25) is 0 Å². The zero-order chi connectivity index (χ0) is 26.5. The lowest BCUT2D eigenvalue weighted by Gasteiger charge is -2.60. The van der Waals surface area contributed by atoms with Gasteiger partial charge in [-0.1, -0.05) is 43.3 Å². The van der Waals surface area contributed by atoms with E-state index in [4.69, 9.17) is 18.9 Å². The van der Waals surface area contributed by atoms with Gasteiger partial charge in [-0.25, -0.2) is 4.79 Å². The molecule has 0 unspecified atom stereocenters. The van der Waals surface area contributed by atoms with Crippen LogP contribution >= 0.6 is 0 Å². The van der Waals surface area contributed by atoms with E-state index in [1.165, 1.54) is 7.11 Å². The summed E-state index contributed by atoms with van der Waals surface area (Å²) in [5.41, 5.74) is -0.488. The first-order valence-electron chi connectivity index (χ1n) is 13.5. The average Bonchev–Trinajstić information content (AvgIpc) is 3.60. The Hall–Kier alpha value is -3.10. The number of piperidine rings is 1. The summed E-state index contributed by atoms with van der Waals surface area (Å²) in [6.07, 6.45) is 1.82. The molecule has 0 saturated carbocycles. The van der Waals surface area contributed by atoms with Gasteiger partial charge in [-0.2, -0.15) is 0 Å². The van der Waals surface area contributed by atoms with E-state index in [1.54, 1.807) is 7.11 Å². The smallest absolute Gasteiger partial charge is 0.343 e. The van der Waals surface area contributed by atoms with E-state index in [-0.39, 0.29) is 5.91 Å². The van der Waals surface area contributed by atoms with E-state index in [9.17, 15) is 9.59 Å². The molecule has 6 atom stereocenters. The van der Waals surface area contributed by atoms with Crippen LogP contribution < -0.4 is 9.64 Å². The third-order valence-corrected chi connectivity index (χ3v) is 10.4. The number of benzene rings is 2. The minimum Gasteiger partial charge on any atom is -0.497 e. The Kier molecular flexibility index (Phi) is 4.88. The number of esters is 1. The van der Waals surface area contributed by atoms with Gasteiger partial charge in [0.15, 0.2) is 5.72 Å². The fourth-order valence-electron chi connectivity index (χ4n) is 9.24. The summed E-state index contributed by atoms with van der Waals surface area (Å²) in [4.78, 5) is 31.9. The fourth-order valence-corrected chi connectivity index (χ4v) is 9.24. The molecule has 7 rings (SSSR count). The van der Waals surface area contributed by atoms with Crippen molar-refractivity contribution < 1.29 is 28.5 Å². The lowest BCUT2D eigenvalue weighted by atomic mass is 9.48. The number of methoxy groups -OCH3 is 2. The maximum atomic E-state index is 14.1. The molecule has 2 aromatic carbocycles. The largest absolute Gasteiger partial charge is 0.497 e. The van der Waals surface area contributed by atoms with E-state index in [0.29, 0.717) is 38.8 Å². The van der Waals surface area contributed by atoms with Crippen LogP contribution in [-0.2, 0) is 35.8 Å². The second-order valence-corrected chi connectivity index (χ2v) is 11.4. The van der Waals surface area contributed by atoms with Crippen molar-refractivity contribution in [2.45, 2.75) is 68.1 Å². The van der Waals surface area contributed by atoms with Crippen LogP contribution in [-0.4, -0.2) is 68.1 Å². The summed E-state index contributed by atoms with van der Waals surface area (Å²) in [7, 11) is 5.09. The zero-order valence-corrected chi connectivity index (χ0v) is 22.4. The molecule has 0 aromatic heterocycles. The molecule has 2 bridgehead atoms. The number of carbonyl (C=O) groups is 2. The molecule has 8 nitrogen and oxygen atoms in total. The van der Waals surface area contributed by atoms with Gasteiger partial charge in [-0.05, 0) is 36.5 Å². The lowest BCUT2D eigenvalue weighted by Crippen LogP contribution is -2.76. The summed E-state index contributed by atoms with van der Waals surface area (Å²) in [5, 5.41) is 0. The predicted molar refractivity (Wildman–Crippen MR) is 139 cm³/mol. The van der Waals surface area contributed by atoms with Gasteiger partial charge in [0.1, 0.15) is 11.9 Å². The number of anilines is 1. The highest BCUT2D eigenvalue weighted by Crippen LogP contribution is 2.80. The van der Waals surface area contributed by atoms with Gasteiger partial charge in [-0.3, -0.25) is 4.79 Å². The third kappa shape index (κ3) is 2.33. The van der Waals surface area contributed by atoms with Crippen LogP contribution in [0, 0.1) is 5.41 Å². The number of ether oxygens (including phenoxy) is 4. The highest BCUT2D eigenvalue weighted by molar-refractivity contribution is 5.91. The Labute approximate surface area is 222 Å². The summed E-state index contributed by atoms with van der Waals surface area (Å²) in [6, 6.07) is 15.7. The number of hydrogen-bond donors (Lipinski definition) is 0. The molecule has 4 fully saturated rings. The van der Waals surface area contributed by atoms with Crippen molar-refractivity contribution in [2.24, 2.45) is 5.41 Å². The van der Waals surface area contributed by atoms with Crippen molar-refractivity contribution in [1.29, 1.82) is 0 Å². The first-order chi connectivity index (χ1) is 18.4.